The number of carbonyl (C=O) groups excluding carboxylic acids is 2. The molecule has 0 radical (unpaired) electrons. The monoisotopic (exact) mass is 515 g/mol. The molecule has 0 aromatic heterocycles. The maximum Gasteiger partial charge on any atom is 0.330 e. The van der Waals surface area contributed by atoms with Crippen LogP contribution in [0.3, 0.4) is 0 Å². The van der Waals surface area contributed by atoms with Gasteiger partial charge >= 0.3 is 5.97 Å². The predicted molar refractivity (Wildman–Crippen MR) is 151 cm³/mol. The van der Waals surface area contributed by atoms with E-state index in [1.807, 2.05) is 43.3 Å². The van der Waals surface area contributed by atoms with E-state index in [1.54, 1.807) is 42.5 Å². The van der Waals surface area contributed by atoms with Crippen LogP contribution in [0.1, 0.15) is 44.6 Å². The maximum atomic E-state index is 15.6. The molecule has 0 saturated heterocycles. The number of halogens is 1. The van der Waals surface area contributed by atoms with Gasteiger partial charge in [0.25, 0.3) is 0 Å². The van der Waals surface area contributed by atoms with Crippen LogP contribution in [0.2, 0.25) is 0 Å². The number of anilines is 2. The number of esters is 1. The van der Waals surface area contributed by atoms with Crippen molar-refractivity contribution in [3.05, 3.63) is 89.8 Å². The zero-order valence-electron chi connectivity index (χ0n) is 23.2. The van der Waals surface area contributed by atoms with E-state index in [2.05, 4.69) is 4.74 Å². The van der Waals surface area contributed by atoms with Crippen molar-refractivity contribution in [3.63, 3.8) is 0 Å². The number of methoxy groups -OCH3 is 1. The van der Waals surface area contributed by atoms with Crippen molar-refractivity contribution in [2.45, 2.75) is 38.6 Å². The van der Waals surface area contributed by atoms with Crippen molar-refractivity contribution >= 4 is 29.3 Å². The fourth-order valence-corrected chi connectivity index (χ4v) is 4.72. The summed E-state index contributed by atoms with van der Waals surface area (Å²) in [6.07, 6.45) is 7.42. The largest absolute Gasteiger partial charge is 0.466 e. The van der Waals surface area contributed by atoms with Crippen LogP contribution in [0.5, 0.6) is 0 Å². The molecule has 0 spiro atoms. The Morgan fingerprint density at radius 3 is 2.34 bits per heavy atom. The molecule has 5 nitrogen and oxygen atoms in total. The van der Waals surface area contributed by atoms with Crippen LogP contribution in [0, 0.1) is 11.7 Å². The van der Waals surface area contributed by atoms with Crippen LogP contribution < -0.4 is 9.80 Å². The highest BCUT2D eigenvalue weighted by atomic mass is 19.1. The normalized spacial score (nSPS) is 15.1. The van der Waals surface area contributed by atoms with E-state index in [0.29, 0.717) is 16.8 Å². The third kappa shape index (κ3) is 6.68. The van der Waals surface area contributed by atoms with Crippen molar-refractivity contribution in [3.8, 4) is 11.1 Å². The molecular formula is C32H35FN2O3. The van der Waals surface area contributed by atoms with Crippen molar-refractivity contribution in [1.82, 2.24) is 0 Å². The molecule has 1 aliphatic rings. The van der Waals surface area contributed by atoms with Gasteiger partial charge in [-0.3, -0.25) is 4.79 Å². The van der Waals surface area contributed by atoms with Crippen molar-refractivity contribution in [2.75, 3.05) is 31.0 Å². The first-order chi connectivity index (χ1) is 18.8. The van der Waals surface area contributed by atoms with Crippen LogP contribution in [-0.4, -0.2) is 33.1 Å². The molecular weight excluding hydrogens is 479 g/mol. The molecule has 0 unspecified atom stereocenters. The first-order valence-corrected chi connectivity index (χ1v) is 13.0. The fraction of sp³-hybridized carbons (Fsp3) is 0.312. The second-order valence-corrected chi connectivity index (χ2v) is 9.80. The molecule has 4 rings (SSSR count). The summed E-state index contributed by atoms with van der Waals surface area (Å²) in [6, 6.07) is 19.7. The first kappa shape index (κ1) is 25.7. The quantitative estimate of drug-likeness (QED) is 0.243. The summed E-state index contributed by atoms with van der Waals surface area (Å²) in [4.78, 5) is 28.8. The fourth-order valence-electron chi connectivity index (χ4n) is 4.72. The average Bonchev–Trinajstić information content (AvgIpc) is 2.96. The summed E-state index contributed by atoms with van der Waals surface area (Å²) >= 11 is 0. The third-order valence-electron chi connectivity index (χ3n) is 6.94. The second-order valence-electron chi connectivity index (χ2n) is 9.80. The van der Waals surface area contributed by atoms with E-state index >= 15 is 4.39 Å². The molecule has 38 heavy (non-hydrogen) atoms. The van der Waals surface area contributed by atoms with Crippen molar-refractivity contribution in [1.29, 1.82) is 0 Å². The molecule has 0 N–H and O–H groups in total. The molecule has 0 heterocycles. The molecule has 1 amide bonds. The second kappa shape index (κ2) is 12.5. The molecule has 0 bridgehead atoms. The predicted octanol–water partition coefficient (Wildman–Crippen LogP) is 6.86. The summed E-state index contributed by atoms with van der Waals surface area (Å²) in [5.74, 6) is -1.41. The van der Waals surface area contributed by atoms with E-state index in [1.165, 1.54) is 24.2 Å². The minimum absolute atomic E-state index is 0.128. The highest BCUT2D eigenvalue weighted by Crippen LogP contribution is 2.31. The molecule has 1 saturated carbocycles. The zero-order chi connectivity index (χ0) is 27.9. The van der Waals surface area contributed by atoms with Crippen LogP contribution in [0.15, 0.2) is 72.8 Å². The maximum absolute atomic E-state index is 15.6. The van der Waals surface area contributed by atoms with E-state index in [-0.39, 0.29) is 17.4 Å². The van der Waals surface area contributed by atoms with Crippen LogP contribution in [0.25, 0.3) is 17.2 Å². The molecule has 1 aliphatic carbocycles. The molecule has 1 atom stereocenters. The Hall–Kier alpha value is -3.93. The Bertz CT molecular complexity index is 1330. The van der Waals surface area contributed by atoms with Gasteiger partial charge in [0, 0.05) is 43.0 Å². The van der Waals surface area contributed by atoms with Crippen molar-refractivity contribution in [2.24, 2.45) is 5.92 Å². The van der Waals surface area contributed by atoms with Crippen LogP contribution in [0.4, 0.5) is 15.8 Å². The van der Waals surface area contributed by atoms with E-state index in [4.69, 9.17) is 1.37 Å². The summed E-state index contributed by atoms with van der Waals surface area (Å²) in [5.41, 5.74) is 3.90. The van der Waals surface area contributed by atoms with Gasteiger partial charge in [-0.2, -0.15) is 0 Å². The number of benzene rings is 3. The number of hydrogen-bond acceptors (Lipinski definition) is 4. The molecule has 3 aromatic carbocycles. The number of carbonyl (C=O) groups is 2. The smallest absolute Gasteiger partial charge is 0.330 e. The lowest BCUT2D eigenvalue weighted by atomic mass is 9.88. The van der Waals surface area contributed by atoms with Gasteiger partial charge in [-0.15, -0.1) is 0 Å². The first-order valence-electron chi connectivity index (χ1n) is 13.5. The van der Waals surface area contributed by atoms with Crippen molar-refractivity contribution < 1.29 is 20.1 Å². The Labute approximate surface area is 225 Å². The van der Waals surface area contributed by atoms with E-state index in [9.17, 15) is 9.59 Å². The highest BCUT2D eigenvalue weighted by Gasteiger charge is 2.28. The lowest BCUT2D eigenvalue weighted by Crippen LogP contribution is -2.37. The summed E-state index contributed by atoms with van der Waals surface area (Å²) in [5, 5.41) is 0. The Balaban J connectivity index is 1.68. The van der Waals surface area contributed by atoms with Gasteiger partial charge < -0.3 is 14.5 Å². The summed E-state index contributed by atoms with van der Waals surface area (Å²) in [7, 11) is 5.23. The van der Waals surface area contributed by atoms with Crippen LogP contribution in [-0.2, 0) is 20.8 Å². The Kier molecular flexibility index (Phi) is 8.49. The SMILES string of the molecule is [2H][C@H](c1ccc(-c2ccc(N(C)C)cc2)cc1F)N(C(=O)C1CCCCC1)c1cccc(/C=C/C(=O)OC)c1. The average molecular weight is 516 g/mol. The molecule has 1 fully saturated rings. The number of ether oxygens (including phenoxy) is 1. The third-order valence-corrected chi connectivity index (χ3v) is 6.94. The van der Waals surface area contributed by atoms with E-state index < -0.39 is 18.3 Å². The molecule has 3 aromatic rings. The Morgan fingerprint density at radius 1 is 0.974 bits per heavy atom. The topological polar surface area (TPSA) is 49.9 Å². The highest BCUT2D eigenvalue weighted by molar-refractivity contribution is 5.95. The molecule has 198 valence electrons. The number of hydrogen-bond donors (Lipinski definition) is 0. The van der Waals surface area contributed by atoms with Gasteiger partial charge in [0.05, 0.1) is 15.0 Å². The van der Waals surface area contributed by atoms with Gasteiger partial charge in [-0.25, -0.2) is 9.18 Å². The van der Waals surface area contributed by atoms with Gasteiger partial charge in [0.1, 0.15) is 5.82 Å². The lowest BCUT2D eigenvalue weighted by molar-refractivity contribution is -0.134. The number of amides is 1. The minimum Gasteiger partial charge on any atom is -0.466 e. The van der Waals surface area contributed by atoms with Gasteiger partial charge in [-0.1, -0.05) is 55.7 Å². The molecule has 0 aliphatic heterocycles. The van der Waals surface area contributed by atoms with E-state index in [0.717, 1.165) is 43.4 Å². The number of nitrogens with zero attached hydrogens (tertiary/aromatic N) is 2. The minimum atomic E-state index is -1.27. The van der Waals surface area contributed by atoms with Gasteiger partial charge in [0.15, 0.2) is 0 Å². The summed E-state index contributed by atoms with van der Waals surface area (Å²) in [6.45, 7) is -1.27. The zero-order valence-corrected chi connectivity index (χ0v) is 22.2. The lowest BCUT2D eigenvalue weighted by Gasteiger charge is -2.30. The van der Waals surface area contributed by atoms with Crippen LogP contribution >= 0.6 is 0 Å². The Morgan fingerprint density at radius 2 is 1.68 bits per heavy atom. The molecule has 6 heteroatoms. The number of rotatable bonds is 8. The van der Waals surface area contributed by atoms with Gasteiger partial charge in [-0.05, 0) is 65.9 Å². The van der Waals surface area contributed by atoms with Gasteiger partial charge in [0.2, 0.25) is 5.91 Å². The standard InChI is InChI=1S/C32H35FN2O3/c1-34(2)28-17-15-24(16-18-28)26-13-14-27(30(33)21-26)22-35(32(37)25-9-5-4-6-10-25)29-11-7-8-23(20-29)12-19-31(36)38-3/h7-8,11-21,25H,4-6,9-10,22H2,1-3H3/b19-12+/i22D/t22-/m1/s1. The summed E-state index contributed by atoms with van der Waals surface area (Å²) < 4.78 is 29.3.